The van der Waals surface area contributed by atoms with Gasteiger partial charge in [-0.2, -0.15) is 4.79 Å². The zero-order valence-corrected chi connectivity index (χ0v) is 8.31. The van der Waals surface area contributed by atoms with Crippen LogP contribution in [0.25, 0.3) is 5.53 Å². The minimum atomic E-state index is -1.61. The van der Waals surface area contributed by atoms with Crippen molar-refractivity contribution in [3.8, 4) is 0 Å². The molecule has 0 bridgehead atoms. The number of carbonyl (C=O) groups excluding carboxylic acids is 1. The van der Waals surface area contributed by atoms with E-state index in [0.29, 0.717) is 0 Å². The van der Waals surface area contributed by atoms with Gasteiger partial charge in [-0.3, -0.25) is 5.32 Å². The molecule has 7 heteroatoms. The van der Waals surface area contributed by atoms with E-state index in [4.69, 9.17) is 15.0 Å². The Morgan fingerprint density at radius 3 is 2.50 bits per heavy atom. The van der Waals surface area contributed by atoms with Crippen LogP contribution in [0.5, 0.6) is 0 Å². The number of methoxy groups -OCH3 is 2. The molecule has 0 aliphatic heterocycles. The summed E-state index contributed by atoms with van der Waals surface area (Å²) < 4.78 is 14.2. The highest BCUT2D eigenvalue weighted by Crippen LogP contribution is 2.02. The predicted octanol–water partition coefficient (Wildman–Crippen LogP) is -0.0203. The van der Waals surface area contributed by atoms with Crippen LogP contribution < -0.4 is 5.32 Å². The maximum Gasteiger partial charge on any atom is 0.411 e. The molecule has 0 aromatic heterocycles. The zero-order chi connectivity index (χ0) is 11.0. The molecule has 1 amide bonds. The van der Waals surface area contributed by atoms with Gasteiger partial charge >= 0.3 is 18.2 Å². The molecule has 1 N–H and O–H groups in total. The lowest BCUT2D eigenvalue weighted by Gasteiger charge is -2.22. The van der Waals surface area contributed by atoms with Crippen LogP contribution >= 0.6 is 0 Å². The van der Waals surface area contributed by atoms with Crippen LogP contribution in [0, 0.1) is 0 Å². The first kappa shape index (κ1) is 12.6. The fourth-order valence-corrected chi connectivity index (χ4v) is 0.709. The van der Waals surface area contributed by atoms with E-state index in [1.54, 1.807) is 6.92 Å². The molecule has 0 fully saturated rings. The molecule has 0 aliphatic carbocycles. The van der Waals surface area contributed by atoms with Crippen molar-refractivity contribution in [3.05, 3.63) is 5.53 Å². The van der Waals surface area contributed by atoms with E-state index in [1.807, 2.05) is 0 Å². The van der Waals surface area contributed by atoms with E-state index >= 15 is 0 Å². The Bertz CT molecular complexity index is 233. The third kappa shape index (κ3) is 3.53. The molecule has 7 nitrogen and oxygen atoms in total. The lowest BCUT2D eigenvalue weighted by molar-refractivity contribution is -0.185. The third-order valence-electron chi connectivity index (χ3n) is 1.39. The first-order valence-corrected chi connectivity index (χ1v) is 3.88. The first-order chi connectivity index (χ1) is 6.64. The topological polar surface area (TPSA) is 93.2 Å². The van der Waals surface area contributed by atoms with Crippen LogP contribution in [0.15, 0.2) is 0 Å². The van der Waals surface area contributed by atoms with E-state index in [0.717, 1.165) is 6.21 Å². The summed E-state index contributed by atoms with van der Waals surface area (Å²) in [4.78, 5) is 13.7. The average Bonchev–Trinajstić information content (AvgIpc) is 2.17. The van der Waals surface area contributed by atoms with E-state index in [1.165, 1.54) is 14.2 Å². The van der Waals surface area contributed by atoms with Crippen LogP contribution in [0.4, 0.5) is 4.79 Å². The molecule has 14 heavy (non-hydrogen) atoms. The van der Waals surface area contributed by atoms with Crippen LogP contribution in [0.3, 0.4) is 0 Å². The lowest BCUT2D eigenvalue weighted by atomic mass is 10.5. The Morgan fingerprint density at radius 1 is 1.57 bits per heavy atom. The number of alkyl carbamates (subject to hydrolysis) is 1. The van der Waals surface area contributed by atoms with Gasteiger partial charge in [-0.25, -0.2) is 4.79 Å². The first-order valence-electron chi connectivity index (χ1n) is 3.88. The zero-order valence-electron chi connectivity index (χ0n) is 8.31. The van der Waals surface area contributed by atoms with Gasteiger partial charge in [0.1, 0.15) is 0 Å². The van der Waals surface area contributed by atoms with Crippen molar-refractivity contribution in [3.63, 3.8) is 0 Å². The van der Waals surface area contributed by atoms with Crippen molar-refractivity contribution in [1.29, 1.82) is 0 Å². The summed E-state index contributed by atoms with van der Waals surface area (Å²) in [6.45, 7) is 1.87. The normalized spacial score (nSPS) is 10.2. The monoisotopic (exact) mass is 203 g/mol. The number of rotatable bonds is 5. The summed E-state index contributed by atoms with van der Waals surface area (Å²) in [6, 6.07) is 0. The van der Waals surface area contributed by atoms with Crippen molar-refractivity contribution in [2.75, 3.05) is 20.8 Å². The highest BCUT2D eigenvalue weighted by Gasteiger charge is 2.35. The van der Waals surface area contributed by atoms with Gasteiger partial charge < -0.3 is 19.7 Å². The van der Waals surface area contributed by atoms with Crippen molar-refractivity contribution in [2.45, 2.75) is 12.8 Å². The summed E-state index contributed by atoms with van der Waals surface area (Å²) in [5, 5.41) is 2.22. The van der Waals surface area contributed by atoms with Gasteiger partial charge in [-0.1, -0.05) is 0 Å². The van der Waals surface area contributed by atoms with Crippen LogP contribution in [0.2, 0.25) is 0 Å². The SMILES string of the molecule is CCOC(=O)NC(C=[N+]=[N-])(OC)OC. The Balaban J connectivity index is 4.49. The molecule has 0 radical (unpaired) electrons. The number of nitrogens with one attached hydrogen (secondary N) is 1. The minimum Gasteiger partial charge on any atom is -0.450 e. The van der Waals surface area contributed by atoms with Crippen molar-refractivity contribution >= 4 is 12.3 Å². The maximum atomic E-state index is 11.0. The van der Waals surface area contributed by atoms with Crippen LogP contribution in [-0.2, 0) is 14.2 Å². The molecule has 0 unspecified atom stereocenters. The lowest BCUT2D eigenvalue weighted by Crippen LogP contribution is -2.53. The fourth-order valence-electron chi connectivity index (χ4n) is 0.709. The van der Waals surface area contributed by atoms with Gasteiger partial charge in [0.05, 0.1) is 6.61 Å². The summed E-state index contributed by atoms with van der Waals surface area (Å²) in [6.07, 6.45) is 0.139. The molecule has 80 valence electrons. The maximum absolute atomic E-state index is 11.0. The fraction of sp³-hybridized carbons (Fsp3) is 0.714. The second kappa shape index (κ2) is 6.09. The largest absolute Gasteiger partial charge is 0.450 e. The molecule has 0 spiro atoms. The highest BCUT2D eigenvalue weighted by atomic mass is 16.7. The van der Waals surface area contributed by atoms with Crippen LogP contribution in [-0.4, -0.2) is 43.8 Å². The Labute approximate surface area is 81.6 Å². The molecular weight excluding hydrogens is 190 g/mol. The number of hydrogen-bond acceptors (Lipinski definition) is 4. The van der Waals surface area contributed by atoms with E-state index in [9.17, 15) is 4.79 Å². The molecule has 0 rings (SSSR count). The van der Waals surface area contributed by atoms with Gasteiger partial charge in [0.15, 0.2) is 0 Å². The summed E-state index contributed by atoms with van der Waals surface area (Å²) in [5.41, 5.74) is 8.32. The molecular formula is C7H13N3O4. The highest BCUT2D eigenvalue weighted by molar-refractivity contribution is 5.74. The van der Waals surface area contributed by atoms with E-state index in [2.05, 4.69) is 14.8 Å². The average molecular weight is 203 g/mol. The summed E-state index contributed by atoms with van der Waals surface area (Å²) in [5.74, 6) is -1.61. The van der Waals surface area contributed by atoms with Gasteiger partial charge in [0, 0.05) is 14.2 Å². The smallest absolute Gasteiger partial charge is 0.411 e. The molecule has 0 aromatic carbocycles. The summed E-state index contributed by atoms with van der Waals surface area (Å²) >= 11 is 0. The molecule has 0 saturated heterocycles. The Hall–Kier alpha value is -1.43. The molecule has 0 aliphatic rings. The van der Waals surface area contributed by atoms with Crippen molar-refractivity contribution in [1.82, 2.24) is 5.32 Å². The van der Waals surface area contributed by atoms with E-state index < -0.39 is 12.0 Å². The second-order valence-corrected chi connectivity index (χ2v) is 2.17. The second-order valence-electron chi connectivity index (χ2n) is 2.17. The van der Waals surface area contributed by atoms with Gasteiger partial charge in [0.2, 0.25) is 0 Å². The number of ether oxygens (including phenoxy) is 3. The number of amides is 1. The van der Waals surface area contributed by atoms with Gasteiger partial charge in [-0.15, -0.1) is 0 Å². The Morgan fingerprint density at radius 2 is 2.14 bits per heavy atom. The van der Waals surface area contributed by atoms with E-state index in [-0.39, 0.29) is 6.61 Å². The van der Waals surface area contributed by atoms with Crippen LogP contribution in [0.1, 0.15) is 6.92 Å². The standard InChI is InChI=1S/C7H13N3O4/c1-4-14-6(11)10-7(12-2,13-3)5-9-8/h5H,4H2,1-3H3,(H,10,11). The molecule has 0 atom stereocenters. The number of hydrogen-bond donors (Lipinski definition) is 1. The van der Waals surface area contributed by atoms with Crippen molar-refractivity contribution < 1.29 is 23.8 Å². The number of nitrogens with zero attached hydrogens (tertiary/aromatic N) is 2. The molecule has 0 saturated carbocycles. The van der Waals surface area contributed by atoms with Gasteiger partial charge in [0.25, 0.3) is 0 Å². The summed E-state index contributed by atoms with van der Waals surface area (Å²) in [7, 11) is 2.55. The van der Waals surface area contributed by atoms with Gasteiger partial charge in [-0.05, 0) is 6.92 Å². The molecule has 0 heterocycles. The minimum absolute atomic E-state index is 0.214. The number of carbonyl (C=O) groups is 1. The predicted molar refractivity (Wildman–Crippen MR) is 46.6 cm³/mol. The van der Waals surface area contributed by atoms with Crippen molar-refractivity contribution in [2.24, 2.45) is 0 Å². The quantitative estimate of drug-likeness (QED) is 0.294. The Kier molecular flexibility index (Phi) is 5.47. The third-order valence-corrected chi connectivity index (χ3v) is 1.39. The molecule has 0 aromatic rings.